The normalized spacial score (nSPS) is 12.8. The van der Waals surface area contributed by atoms with Crippen molar-refractivity contribution < 1.29 is 17.6 Å². The summed E-state index contributed by atoms with van der Waals surface area (Å²) in [5.41, 5.74) is 5.62. The number of anilines is 1. The molecule has 0 radical (unpaired) electrons. The number of pyridine rings is 1. The molecule has 0 saturated carbocycles. The first-order valence-electron chi connectivity index (χ1n) is 6.16. The Morgan fingerprint density at radius 2 is 2.24 bits per heavy atom. The molecule has 1 amide bonds. The summed E-state index contributed by atoms with van der Waals surface area (Å²) in [5.74, 6) is -0.0843. The van der Waals surface area contributed by atoms with Crippen LogP contribution in [0.5, 0.6) is 0 Å². The van der Waals surface area contributed by atoms with Crippen molar-refractivity contribution in [3.8, 4) is 0 Å². The first-order valence-corrected chi connectivity index (χ1v) is 7.71. The highest BCUT2D eigenvalue weighted by Crippen LogP contribution is 2.21. The van der Waals surface area contributed by atoms with E-state index in [2.05, 4.69) is 10.3 Å². The Morgan fingerprint density at radius 3 is 2.86 bits per heavy atom. The van der Waals surface area contributed by atoms with Crippen LogP contribution >= 0.6 is 0 Å². The van der Waals surface area contributed by atoms with Gasteiger partial charge in [0.05, 0.1) is 29.6 Å². The van der Waals surface area contributed by atoms with Crippen molar-refractivity contribution >= 4 is 21.4 Å². The minimum absolute atomic E-state index is 0.0168. The third-order valence-electron chi connectivity index (χ3n) is 2.97. The van der Waals surface area contributed by atoms with Gasteiger partial charge in [-0.05, 0) is 25.1 Å². The number of hydrogen-bond donors (Lipinski definition) is 2. The van der Waals surface area contributed by atoms with Crippen molar-refractivity contribution in [2.45, 2.75) is 23.6 Å². The number of hydrogen-bond acceptors (Lipinski definition) is 6. The minimum Gasteiger partial charge on any atom is -0.467 e. The fourth-order valence-corrected chi connectivity index (χ4v) is 3.09. The molecular formula is C13H15N3O4S. The SMILES string of the molecule is CC(C(=O)NCc1ccco1)S(=O)(=O)c1ccncc1N. The highest BCUT2D eigenvalue weighted by Gasteiger charge is 2.31. The van der Waals surface area contributed by atoms with E-state index in [0.717, 1.165) is 0 Å². The number of rotatable bonds is 5. The van der Waals surface area contributed by atoms with Gasteiger partial charge in [0.2, 0.25) is 5.91 Å². The molecule has 0 saturated heterocycles. The predicted molar refractivity (Wildman–Crippen MR) is 75.9 cm³/mol. The van der Waals surface area contributed by atoms with E-state index < -0.39 is 21.0 Å². The van der Waals surface area contributed by atoms with Crippen LogP contribution in [-0.4, -0.2) is 24.6 Å². The Balaban J connectivity index is 2.13. The summed E-state index contributed by atoms with van der Waals surface area (Å²) < 4.78 is 29.8. The molecule has 1 unspecified atom stereocenters. The summed E-state index contributed by atoms with van der Waals surface area (Å²) in [6, 6.07) is 4.64. The van der Waals surface area contributed by atoms with Gasteiger partial charge in [-0.3, -0.25) is 9.78 Å². The molecular weight excluding hydrogens is 294 g/mol. The number of sulfone groups is 1. The highest BCUT2D eigenvalue weighted by molar-refractivity contribution is 7.93. The van der Waals surface area contributed by atoms with E-state index in [0.29, 0.717) is 5.76 Å². The van der Waals surface area contributed by atoms with Crippen LogP contribution in [0, 0.1) is 0 Å². The Labute approximate surface area is 122 Å². The van der Waals surface area contributed by atoms with Crippen molar-refractivity contribution in [3.05, 3.63) is 42.6 Å². The molecule has 2 rings (SSSR count). The van der Waals surface area contributed by atoms with E-state index >= 15 is 0 Å². The Morgan fingerprint density at radius 1 is 1.48 bits per heavy atom. The van der Waals surface area contributed by atoms with Crippen LogP contribution in [0.15, 0.2) is 46.2 Å². The summed E-state index contributed by atoms with van der Waals surface area (Å²) in [6.07, 6.45) is 4.02. The summed E-state index contributed by atoms with van der Waals surface area (Å²) >= 11 is 0. The third kappa shape index (κ3) is 3.22. The van der Waals surface area contributed by atoms with E-state index in [1.807, 2.05) is 0 Å². The van der Waals surface area contributed by atoms with E-state index in [1.54, 1.807) is 12.1 Å². The van der Waals surface area contributed by atoms with Gasteiger partial charge in [-0.25, -0.2) is 8.42 Å². The number of amides is 1. The topological polar surface area (TPSA) is 115 Å². The van der Waals surface area contributed by atoms with Gasteiger partial charge in [0, 0.05) is 6.20 Å². The smallest absolute Gasteiger partial charge is 0.238 e. The van der Waals surface area contributed by atoms with Crippen LogP contribution in [0.25, 0.3) is 0 Å². The summed E-state index contributed by atoms with van der Waals surface area (Å²) in [6.45, 7) is 1.43. The number of nitrogens with one attached hydrogen (secondary N) is 1. The zero-order valence-corrected chi connectivity index (χ0v) is 12.1. The first kappa shape index (κ1) is 15.0. The molecule has 21 heavy (non-hydrogen) atoms. The minimum atomic E-state index is -3.87. The van der Waals surface area contributed by atoms with E-state index in [-0.39, 0.29) is 17.1 Å². The fraction of sp³-hybridized carbons (Fsp3) is 0.231. The first-order chi connectivity index (χ1) is 9.93. The Hall–Kier alpha value is -2.35. The van der Waals surface area contributed by atoms with Gasteiger partial charge in [-0.2, -0.15) is 0 Å². The van der Waals surface area contributed by atoms with Crippen LogP contribution in [0.1, 0.15) is 12.7 Å². The molecule has 0 bridgehead atoms. The third-order valence-corrected chi connectivity index (χ3v) is 5.10. The summed E-state index contributed by atoms with van der Waals surface area (Å²) in [7, 11) is -3.87. The number of nitrogens with zero attached hydrogens (tertiary/aromatic N) is 1. The van der Waals surface area contributed by atoms with Crippen LogP contribution in [-0.2, 0) is 21.2 Å². The van der Waals surface area contributed by atoms with Crippen molar-refractivity contribution in [2.75, 3.05) is 5.73 Å². The number of nitrogen functional groups attached to an aromatic ring is 1. The van der Waals surface area contributed by atoms with Gasteiger partial charge in [0.25, 0.3) is 0 Å². The quantitative estimate of drug-likeness (QED) is 0.841. The lowest BCUT2D eigenvalue weighted by Crippen LogP contribution is -2.37. The van der Waals surface area contributed by atoms with E-state index in [1.165, 1.54) is 31.6 Å². The zero-order valence-electron chi connectivity index (χ0n) is 11.3. The number of carbonyl (C=O) groups is 1. The molecule has 0 aliphatic heterocycles. The van der Waals surface area contributed by atoms with Crippen LogP contribution in [0.2, 0.25) is 0 Å². The second-order valence-corrected chi connectivity index (χ2v) is 6.63. The molecule has 1 atom stereocenters. The van der Waals surface area contributed by atoms with Gasteiger partial charge in [0.1, 0.15) is 11.0 Å². The van der Waals surface area contributed by atoms with Gasteiger partial charge in [-0.1, -0.05) is 0 Å². The molecule has 8 heteroatoms. The monoisotopic (exact) mass is 309 g/mol. The van der Waals surface area contributed by atoms with Crippen molar-refractivity contribution in [1.82, 2.24) is 10.3 Å². The Kier molecular flexibility index (Phi) is 4.27. The maximum absolute atomic E-state index is 12.4. The van der Waals surface area contributed by atoms with E-state index in [4.69, 9.17) is 10.2 Å². The van der Waals surface area contributed by atoms with Crippen LogP contribution in [0.3, 0.4) is 0 Å². The molecule has 0 fully saturated rings. The van der Waals surface area contributed by atoms with Crippen molar-refractivity contribution in [3.63, 3.8) is 0 Å². The molecule has 0 aromatic carbocycles. The highest BCUT2D eigenvalue weighted by atomic mass is 32.2. The lowest BCUT2D eigenvalue weighted by molar-refractivity contribution is -0.120. The average molecular weight is 309 g/mol. The number of furan rings is 1. The number of nitrogens with two attached hydrogens (primary N) is 1. The molecule has 2 heterocycles. The standard InChI is InChI=1S/C13H15N3O4S/c1-9(13(17)16-7-10-3-2-6-20-10)21(18,19)12-4-5-15-8-11(12)14/h2-6,8-9H,7,14H2,1H3,(H,16,17). The zero-order chi connectivity index (χ0) is 15.5. The van der Waals surface area contributed by atoms with Gasteiger partial charge in [0.15, 0.2) is 9.84 Å². The second-order valence-electron chi connectivity index (χ2n) is 4.40. The van der Waals surface area contributed by atoms with Crippen LogP contribution in [0.4, 0.5) is 5.69 Å². The van der Waals surface area contributed by atoms with Crippen molar-refractivity contribution in [1.29, 1.82) is 0 Å². The van der Waals surface area contributed by atoms with Gasteiger partial charge >= 0.3 is 0 Å². The Bertz CT molecular complexity index is 726. The van der Waals surface area contributed by atoms with Crippen molar-refractivity contribution in [2.24, 2.45) is 0 Å². The molecule has 0 aliphatic rings. The number of aromatic nitrogens is 1. The maximum atomic E-state index is 12.4. The molecule has 7 nitrogen and oxygen atoms in total. The molecule has 0 spiro atoms. The number of carbonyl (C=O) groups excluding carboxylic acids is 1. The summed E-state index contributed by atoms with van der Waals surface area (Å²) in [4.78, 5) is 15.6. The van der Waals surface area contributed by atoms with E-state index in [9.17, 15) is 13.2 Å². The maximum Gasteiger partial charge on any atom is 0.238 e. The lowest BCUT2D eigenvalue weighted by atomic mass is 10.4. The summed E-state index contributed by atoms with van der Waals surface area (Å²) in [5, 5.41) is 1.25. The second kappa shape index (κ2) is 5.96. The molecule has 0 aliphatic carbocycles. The average Bonchev–Trinajstić information content (AvgIpc) is 2.97. The molecule has 2 aromatic rings. The lowest BCUT2D eigenvalue weighted by Gasteiger charge is -2.14. The molecule has 2 aromatic heterocycles. The largest absolute Gasteiger partial charge is 0.467 e. The predicted octanol–water partition coefficient (Wildman–Crippen LogP) is 0.735. The fourth-order valence-electron chi connectivity index (χ4n) is 1.72. The van der Waals surface area contributed by atoms with Gasteiger partial charge in [-0.15, -0.1) is 0 Å². The van der Waals surface area contributed by atoms with Gasteiger partial charge < -0.3 is 15.5 Å². The molecule has 112 valence electrons. The molecule has 3 N–H and O–H groups in total. The van der Waals surface area contributed by atoms with Crippen LogP contribution < -0.4 is 11.1 Å².